The molecule has 2 rings (SSSR count). The molecule has 0 aliphatic heterocycles. The molecule has 2 atom stereocenters. The van der Waals surface area contributed by atoms with Crippen LogP contribution < -0.4 is 5.73 Å². The third-order valence-corrected chi connectivity index (χ3v) is 4.14. The van der Waals surface area contributed by atoms with E-state index in [-0.39, 0.29) is 6.04 Å². The van der Waals surface area contributed by atoms with Crippen molar-refractivity contribution in [3.63, 3.8) is 0 Å². The van der Waals surface area contributed by atoms with E-state index in [2.05, 4.69) is 32.2 Å². The van der Waals surface area contributed by atoms with Gasteiger partial charge in [-0.2, -0.15) is 0 Å². The summed E-state index contributed by atoms with van der Waals surface area (Å²) in [4.78, 5) is 1.38. The molecule has 1 aliphatic carbocycles. The van der Waals surface area contributed by atoms with Crippen LogP contribution in [0.1, 0.15) is 36.8 Å². The Labute approximate surface area is 84.0 Å². The summed E-state index contributed by atoms with van der Waals surface area (Å²) in [6, 6.07) is 2.44. The van der Waals surface area contributed by atoms with Gasteiger partial charge in [0.25, 0.3) is 0 Å². The fourth-order valence-electron chi connectivity index (χ4n) is 2.08. The van der Waals surface area contributed by atoms with E-state index in [9.17, 15) is 0 Å². The number of aryl methyl sites for hydroxylation is 1. The first-order valence-electron chi connectivity index (χ1n) is 4.82. The second-order valence-electron chi connectivity index (χ2n) is 4.76. The SMILES string of the molecule is Cc1sccc1C(N)C1CC1(C)C. The van der Waals surface area contributed by atoms with E-state index in [1.165, 1.54) is 16.9 Å². The van der Waals surface area contributed by atoms with Gasteiger partial charge in [0.1, 0.15) is 0 Å². The van der Waals surface area contributed by atoms with E-state index in [0.29, 0.717) is 11.3 Å². The van der Waals surface area contributed by atoms with Crippen molar-refractivity contribution >= 4 is 11.3 Å². The standard InChI is InChI=1S/C11H17NS/c1-7-8(4-5-13-7)10(12)9-6-11(9,2)3/h4-5,9-10H,6,12H2,1-3H3. The van der Waals surface area contributed by atoms with Crippen LogP contribution in [-0.4, -0.2) is 0 Å². The van der Waals surface area contributed by atoms with Crippen LogP contribution in [0, 0.1) is 18.3 Å². The van der Waals surface area contributed by atoms with Crippen molar-refractivity contribution in [1.82, 2.24) is 0 Å². The molecule has 0 radical (unpaired) electrons. The molecule has 2 heteroatoms. The zero-order chi connectivity index (χ0) is 9.64. The molecule has 0 bridgehead atoms. The summed E-state index contributed by atoms with van der Waals surface area (Å²) in [5, 5.41) is 2.14. The van der Waals surface area contributed by atoms with Crippen molar-refractivity contribution in [2.75, 3.05) is 0 Å². The summed E-state index contributed by atoms with van der Waals surface area (Å²) in [6.07, 6.45) is 1.28. The summed E-state index contributed by atoms with van der Waals surface area (Å²) < 4.78 is 0. The molecule has 1 saturated carbocycles. The lowest BCUT2D eigenvalue weighted by molar-refractivity contribution is 0.491. The van der Waals surface area contributed by atoms with Gasteiger partial charge in [-0.1, -0.05) is 13.8 Å². The molecule has 1 aromatic heterocycles. The number of nitrogens with two attached hydrogens (primary N) is 1. The van der Waals surface area contributed by atoms with Gasteiger partial charge in [-0.3, -0.25) is 0 Å². The first-order valence-corrected chi connectivity index (χ1v) is 5.70. The summed E-state index contributed by atoms with van der Waals surface area (Å²) in [6.45, 7) is 6.77. The molecule has 1 aromatic rings. The molecular formula is C11H17NS. The fraction of sp³-hybridized carbons (Fsp3) is 0.636. The molecule has 72 valence electrons. The molecule has 1 heterocycles. The van der Waals surface area contributed by atoms with Gasteiger partial charge in [0.05, 0.1) is 0 Å². The summed E-state index contributed by atoms with van der Waals surface area (Å²) in [5.74, 6) is 0.695. The quantitative estimate of drug-likeness (QED) is 0.771. The summed E-state index contributed by atoms with van der Waals surface area (Å²) in [7, 11) is 0. The third-order valence-electron chi connectivity index (χ3n) is 3.28. The Morgan fingerprint density at radius 2 is 2.23 bits per heavy atom. The molecule has 1 aliphatic rings. The van der Waals surface area contributed by atoms with Crippen molar-refractivity contribution < 1.29 is 0 Å². The predicted octanol–water partition coefficient (Wildman–Crippen LogP) is 3.10. The third kappa shape index (κ3) is 1.53. The van der Waals surface area contributed by atoms with Crippen LogP contribution >= 0.6 is 11.3 Å². The normalized spacial score (nSPS) is 27.2. The molecule has 2 unspecified atom stereocenters. The molecule has 13 heavy (non-hydrogen) atoms. The first kappa shape index (κ1) is 9.22. The van der Waals surface area contributed by atoms with E-state index in [0.717, 1.165) is 0 Å². The van der Waals surface area contributed by atoms with Crippen LogP contribution in [0.15, 0.2) is 11.4 Å². The minimum Gasteiger partial charge on any atom is -0.324 e. The lowest BCUT2D eigenvalue weighted by Crippen LogP contribution is -2.15. The Morgan fingerprint density at radius 3 is 2.62 bits per heavy atom. The van der Waals surface area contributed by atoms with Crippen molar-refractivity contribution in [1.29, 1.82) is 0 Å². The summed E-state index contributed by atoms with van der Waals surface area (Å²) in [5.41, 5.74) is 8.07. The van der Waals surface area contributed by atoms with Gasteiger partial charge in [-0.25, -0.2) is 0 Å². The zero-order valence-corrected chi connectivity index (χ0v) is 9.32. The maximum atomic E-state index is 6.23. The number of hydrogen-bond acceptors (Lipinski definition) is 2. The van der Waals surface area contributed by atoms with Gasteiger partial charge in [0, 0.05) is 10.9 Å². The van der Waals surface area contributed by atoms with E-state index < -0.39 is 0 Å². The smallest absolute Gasteiger partial charge is 0.0339 e. The number of rotatable bonds is 2. The number of thiophene rings is 1. The van der Waals surface area contributed by atoms with Gasteiger partial charge < -0.3 is 5.73 Å². The highest BCUT2D eigenvalue weighted by Gasteiger charge is 2.49. The highest BCUT2D eigenvalue weighted by molar-refractivity contribution is 7.10. The van der Waals surface area contributed by atoms with Crippen LogP contribution in [0.25, 0.3) is 0 Å². The highest BCUT2D eigenvalue weighted by atomic mass is 32.1. The molecule has 0 spiro atoms. The Morgan fingerprint density at radius 1 is 1.62 bits per heavy atom. The second kappa shape index (κ2) is 2.82. The van der Waals surface area contributed by atoms with Gasteiger partial charge in [-0.05, 0) is 41.7 Å². The number of hydrogen-bond donors (Lipinski definition) is 1. The minimum absolute atomic E-state index is 0.265. The van der Waals surface area contributed by atoms with Gasteiger partial charge in [0.15, 0.2) is 0 Å². The van der Waals surface area contributed by atoms with Gasteiger partial charge >= 0.3 is 0 Å². The molecule has 0 saturated heterocycles. The molecule has 0 aromatic carbocycles. The molecule has 0 amide bonds. The van der Waals surface area contributed by atoms with E-state index in [1.54, 1.807) is 11.3 Å². The van der Waals surface area contributed by atoms with Crippen LogP contribution in [0.5, 0.6) is 0 Å². The molecule has 2 N–H and O–H groups in total. The molecule has 1 nitrogen and oxygen atoms in total. The minimum atomic E-state index is 0.265. The van der Waals surface area contributed by atoms with Crippen LogP contribution in [0.4, 0.5) is 0 Å². The highest BCUT2D eigenvalue weighted by Crippen LogP contribution is 2.57. The van der Waals surface area contributed by atoms with Crippen LogP contribution in [0.3, 0.4) is 0 Å². The van der Waals surface area contributed by atoms with Crippen molar-refractivity contribution in [2.45, 2.75) is 33.2 Å². The Balaban J connectivity index is 2.15. The monoisotopic (exact) mass is 195 g/mol. The van der Waals surface area contributed by atoms with E-state index >= 15 is 0 Å². The van der Waals surface area contributed by atoms with Gasteiger partial charge in [0.2, 0.25) is 0 Å². The average Bonchev–Trinajstić information content (AvgIpc) is 2.49. The fourth-order valence-corrected chi connectivity index (χ4v) is 2.84. The lowest BCUT2D eigenvalue weighted by atomic mass is 9.99. The molecular weight excluding hydrogens is 178 g/mol. The van der Waals surface area contributed by atoms with Crippen LogP contribution in [0.2, 0.25) is 0 Å². The van der Waals surface area contributed by atoms with Crippen molar-refractivity contribution in [3.8, 4) is 0 Å². The maximum Gasteiger partial charge on any atom is 0.0339 e. The first-order chi connectivity index (χ1) is 6.02. The zero-order valence-electron chi connectivity index (χ0n) is 8.50. The van der Waals surface area contributed by atoms with Crippen molar-refractivity contribution in [2.24, 2.45) is 17.1 Å². The Kier molecular flexibility index (Phi) is 2.00. The second-order valence-corrected chi connectivity index (χ2v) is 5.88. The summed E-state index contributed by atoms with van der Waals surface area (Å²) >= 11 is 1.80. The van der Waals surface area contributed by atoms with Crippen molar-refractivity contribution in [3.05, 3.63) is 21.9 Å². The maximum absolute atomic E-state index is 6.23. The Bertz CT molecular complexity index is 314. The predicted molar refractivity (Wildman–Crippen MR) is 57.9 cm³/mol. The van der Waals surface area contributed by atoms with Crippen LogP contribution in [-0.2, 0) is 0 Å². The molecule has 1 fully saturated rings. The lowest BCUT2D eigenvalue weighted by Gasteiger charge is -2.13. The van der Waals surface area contributed by atoms with E-state index in [4.69, 9.17) is 5.73 Å². The van der Waals surface area contributed by atoms with Gasteiger partial charge in [-0.15, -0.1) is 11.3 Å². The average molecular weight is 195 g/mol. The topological polar surface area (TPSA) is 26.0 Å². The van der Waals surface area contributed by atoms with E-state index in [1.807, 2.05) is 0 Å². The largest absolute Gasteiger partial charge is 0.324 e. The Hall–Kier alpha value is -0.340.